The Morgan fingerprint density at radius 3 is 2.48 bits per heavy atom. The summed E-state index contributed by atoms with van der Waals surface area (Å²) in [4.78, 5) is 12.0. The van der Waals surface area contributed by atoms with E-state index in [-0.39, 0.29) is 11.2 Å². The molecule has 3 rings (SSSR count). The van der Waals surface area contributed by atoms with Gasteiger partial charge in [-0.25, -0.2) is 0 Å². The number of para-hydroxylation sites is 1. The van der Waals surface area contributed by atoms with Gasteiger partial charge in [-0.2, -0.15) is 0 Å². The normalized spacial score (nSPS) is 18.7. The van der Waals surface area contributed by atoms with Crippen LogP contribution < -0.4 is 10.1 Å². The number of ether oxygens (including phenoxy) is 1. The van der Waals surface area contributed by atoms with Gasteiger partial charge in [-0.3, -0.25) is 4.79 Å². The van der Waals surface area contributed by atoms with E-state index in [1.807, 2.05) is 54.6 Å². The van der Waals surface area contributed by atoms with Crippen LogP contribution in [-0.4, -0.2) is 18.2 Å². The molecule has 1 N–H and O–H groups in total. The van der Waals surface area contributed by atoms with E-state index < -0.39 is 0 Å². The van der Waals surface area contributed by atoms with Crippen molar-refractivity contribution >= 4 is 17.7 Å². The van der Waals surface area contributed by atoms with Crippen molar-refractivity contribution in [2.45, 2.75) is 11.7 Å². The number of hydrogen-bond acceptors (Lipinski definition) is 3. The van der Waals surface area contributed by atoms with Crippen molar-refractivity contribution in [3.05, 3.63) is 60.2 Å². The van der Waals surface area contributed by atoms with Crippen LogP contribution in [-0.2, 0) is 4.79 Å². The fraction of sp³-hybridized carbons (Fsp3) is 0.235. The average molecular weight is 299 g/mol. The van der Waals surface area contributed by atoms with Gasteiger partial charge in [0.15, 0.2) is 0 Å². The maximum Gasteiger partial charge on any atom is 0.237 e. The summed E-state index contributed by atoms with van der Waals surface area (Å²) in [5.41, 5.74) is 1.03. The van der Waals surface area contributed by atoms with Crippen molar-refractivity contribution in [3.8, 4) is 11.5 Å². The molecule has 1 heterocycles. The first kappa shape index (κ1) is 14.0. The number of nitrogens with one attached hydrogen (secondary N) is 1. The molecule has 2 aromatic carbocycles. The highest BCUT2D eigenvalue weighted by Gasteiger charge is 2.22. The Bertz CT molecular complexity index is 598. The maximum absolute atomic E-state index is 12.0. The highest BCUT2D eigenvalue weighted by atomic mass is 32.2. The fourth-order valence-corrected chi connectivity index (χ4v) is 3.37. The third kappa shape index (κ3) is 3.58. The fourth-order valence-electron chi connectivity index (χ4n) is 2.24. The summed E-state index contributed by atoms with van der Waals surface area (Å²) in [5, 5.41) is 2.84. The van der Waals surface area contributed by atoms with E-state index in [0.717, 1.165) is 35.8 Å². The molecule has 1 amide bonds. The first-order chi connectivity index (χ1) is 10.3. The molecule has 0 bridgehead atoms. The molecule has 21 heavy (non-hydrogen) atoms. The Morgan fingerprint density at radius 1 is 1.00 bits per heavy atom. The van der Waals surface area contributed by atoms with Crippen LogP contribution in [0.25, 0.3) is 0 Å². The Balaban J connectivity index is 1.73. The molecule has 1 fully saturated rings. The number of benzene rings is 2. The summed E-state index contributed by atoms with van der Waals surface area (Å²) in [6.07, 6.45) is 1.03. The minimum absolute atomic E-state index is 0.106. The van der Waals surface area contributed by atoms with Gasteiger partial charge < -0.3 is 10.1 Å². The van der Waals surface area contributed by atoms with Gasteiger partial charge in [0.1, 0.15) is 16.7 Å². The van der Waals surface area contributed by atoms with Crippen molar-refractivity contribution in [1.29, 1.82) is 0 Å². The lowest BCUT2D eigenvalue weighted by atomic mass is 10.1. The van der Waals surface area contributed by atoms with Gasteiger partial charge in [0, 0.05) is 6.54 Å². The molecule has 4 heteroatoms. The molecule has 0 unspecified atom stereocenters. The molecule has 0 spiro atoms. The lowest BCUT2D eigenvalue weighted by Crippen LogP contribution is -2.26. The first-order valence-electron chi connectivity index (χ1n) is 7.05. The Kier molecular flexibility index (Phi) is 4.46. The predicted octanol–water partition coefficient (Wildman–Crippen LogP) is 3.77. The van der Waals surface area contributed by atoms with Crippen LogP contribution in [0.1, 0.15) is 17.2 Å². The minimum Gasteiger partial charge on any atom is -0.457 e. The Hall–Kier alpha value is -1.94. The molecule has 1 aliphatic rings. The molecule has 108 valence electrons. The van der Waals surface area contributed by atoms with Gasteiger partial charge in [-0.05, 0) is 42.0 Å². The SMILES string of the molecule is O=C1NCCCS[C@H]1c1ccc(Oc2ccccc2)cc1. The lowest BCUT2D eigenvalue weighted by molar-refractivity contribution is -0.120. The van der Waals surface area contributed by atoms with Gasteiger partial charge in [0.2, 0.25) is 5.91 Å². The van der Waals surface area contributed by atoms with Gasteiger partial charge in [-0.1, -0.05) is 30.3 Å². The van der Waals surface area contributed by atoms with Crippen LogP contribution in [0.15, 0.2) is 54.6 Å². The second-order valence-electron chi connectivity index (χ2n) is 4.88. The zero-order valence-electron chi connectivity index (χ0n) is 11.6. The standard InChI is InChI=1S/C17H17NO2S/c19-17-16(21-12-4-11-18-17)13-7-9-15(10-8-13)20-14-5-2-1-3-6-14/h1-3,5-10,16H,4,11-12H2,(H,18,19)/t16-/m0/s1. The van der Waals surface area contributed by atoms with E-state index in [0.29, 0.717) is 0 Å². The summed E-state index contributed by atoms with van der Waals surface area (Å²) in [6.45, 7) is 0.775. The highest BCUT2D eigenvalue weighted by Crippen LogP contribution is 2.32. The van der Waals surface area contributed by atoms with Gasteiger partial charge in [0.25, 0.3) is 0 Å². The number of amides is 1. The monoisotopic (exact) mass is 299 g/mol. The van der Waals surface area contributed by atoms with Gasteiger partial charge in [0.05, 0.1) is 0 Å². The Morgan fingerprint density at radius 2 is 1.71 bits per heavy atom. The second-order valence-corrected chi connectivity index (χ2v) is 6.09. The molecule has 1 aliphatic heterocycles. The van der Waals surface area contributed by atoms with E-state index in [2.05, 4.69) is 5.32 Å². The van der Waals surface area contributed by atoms with Crippen molar-refractivity contribution in [3.63, 3.8) is 0 Å². The zero-order chi connectivity index (χ0) is 14.5. The van der Waals surface area contributed by atoms with E-state index in [1.54, 1.807) is 11.8 Å². The molecular weight excluding hydrogens is 282 g/mol. The quantitative estimate of drug-likeness (QED) is 0.937. The highest BCUT2D eigenvalue weighted by molar-refractivity contribution is 8.00. The summed E-state index contributed by atoms with van der Waals surface area (Å²) in [5.74, 6) is 2.70. The third-order valence-corrected chi connectivity index (χ3v) is 4.65. The number of carbonyl (C=O) groups excluding carboxylic acids is 1. The van der Waals surface area contributed by atoms with Crippen LogP contribution in [0.3, 0.4) is 0 Å². The third-order valence-electron chi connectivity index (χ3n) is 3.30. The average Bonchev–Trinajstić information content (AvgIpc) is 2.74. The van der Waals surface area contributed by atoms with E-state index >= 15 is 0 Å². The van der Waals surface area contributed by atoms with Gasteiger partial charge >= 0.3 is 0 Å². The summed E-state index contributed by atoms with van der Waals surface area (Å²) in [6, 6.07) is 17.5. The summed E-state index contributed by atoms with van der Waals surface area (Å²) < 4.78 is 5.76. The number of rotatable bonds is 3. The molecule has 0 radical (unpaired) electrons. The largest absolute Gasteiger partial charge is 0.457 e. The van der Waals surface area contributed by atoms with Gasteiger partial charge in [-0.15, -0.1) is 11.8 Å². The molecule has 0 saturated carbocycles. The van der Waals surface area contributed by atoms with Crippen LogP contribution in [0.5, 0.6) is 11.5 Å². The zero-order valence-corrected chi connectivity index (χ0v) is 12.4. The van der Waals surface area contributed by atoms with Crippen molar-refractivity contribution in [2.24, 2.45) is 0 Å². The van der Waals surface area contributed by atoms with Crippen LogP contribution >= 0.6 is 11.8 Å². The van der Waals surface area contributed by atoms with Crippen molar-refractivity contribution < 1.29 is 9.53 Å². The molecule has 0 aromatic heterocycles. The molecule has 3 nitrogen and oxygen atoms in total. The van der Waals surface area contributed by atoms with Crippen LogP contribution in [0.4, 0.5) is 0 Å². The topological polar surface area (TPSA) is 38.3 Å². The predicted molar refractivity (Wildman–Crippen MR) is 85.8 cm³/mol. The Labute approximate surface area is 128 Å². The van der Waals surface area contributed by atoms with E-state index in [1.165, 1.54) is 0 Å². The lowest BCUT2D eigenvalue weighted by Gasteiger charge is -2.13. The molecule has 0 aliphatic carbocycles. The van der Waals surface area contributed by atoms with E-state index in [9.17, 15) is 4.79 Å². The van der Waals surface area contributed by atoms with Crippen molar-refractivity contribution in [2.75, 3.05) is 12.3 Å². The van der Waals surface area contributed by atoms with Crippen molar-refractivity contribution in [1.82, 2.24) is 5.32 Å². The maximum atomic E-state index is 12.0. The number of hydrogen-bond donors (Lipinski definition) is 1. The van der Waals surface area contributed by atoms with E-state index in [4.69, 9.17) is 4.74 Å². The molecule has 2 aromatic rings. The molecular formula is C17H17NO2S. The smallest absolute Gasteiger partial charge is 0.237 e. The minimum atomic E-state index is -0.113. The molecule has 1 atom stereocenters. The summed E-state index contributed by atoms with van der Waals surface area (Å²) in [7, 11) is 0. The molecule has 1 saturated heterocycles. The number of thioether (sulfide) groups is 1. The second kappa shape index (κ2) is 6.68. The van der Waals surface area contributed by atoms with Crippen LogP contribution in [0.2, 0.25) is 0 Å². The number of carbonyl (C=O) groups is 1. The van der Waals surface area contributed by atoms with Crippen LogP contribution in [0, 0.1) is 0 Å². The first-order valence-corrected chi connectivity index (χ1v) is 8.10. The summed E-state index contributed by atoms with van der Waals surface area (Å²) >= 11 is 1.70.